The van der Waals surface area contributed by atoms with Crippen molar-refractivity contribution in [2.45, 2.75) is 0 Å². The molecule has 2 aromatic carbocycles. The Balaban J connectivity index is 2.17. The van der Waals surface area contributed by atoms with Crippen LogP contribution in [-0.4, -0.2) is 13.0 Å². The predicted molar refractivity (Wildman–Crippen MR) is 67.3 cm³/mol. The summed E-state index contributed by atoms with van der Waals surface area (Å²) in [7, 11) is 1.34. The number of amides is 1. The summed E-state index contributed by atoms with van der Waals surface area (Å²) in [4.78, 5) is 11.8. The van der Waals surface area contributed by atoms with Gasteiger partial charge in [0.1, 0.15) is 5.82 Å². The third kappa shape index (κ3) is 3.07. The fourth-order valence-corrected chi connectivity index (χ4v) is 1.54. The highest BCUT2D eigenvalue weighted by molar-refractivity contribution is 6.04. The van der Waals surface area contributed by atoms with Gasteiger partial charge in [-0.3, -0.25) is 4.79 Å². The molecule has 0 spiro atoms. The molecule has 2 rings (SSSR count). The highest BCUT2D eigenvalue weighted by Crippen LogP contribution is 2.21. The smallest absolute Gasteiger partial charge is 0.255 e. The highest BCUT2D eigenvalue weighted by Gasteiger charge is 2.08. The van der Waals surface area contributed by atoms with Crippen LogP contribution >= 0.6 is 0 Å². The number of ether oxygens (including phenoxy) is 1. The van der Waals surface area contributed by atoms with Crippen molar-refractivity contribution >= 4 is 11.6 Å². The van der Waals surface area contributed by atoms with Gasteiger partial charge in [-0.1, -0.05) is 0 Å². The number of carbonyl (C=O) groups is 1. The average molecular weight is 263 g/mol. The van der Waals surface area contributed by atoms with Crippen molar-refractivity contribution < 1.29 is 18.3 Å². The predicted octanol–water partition coefficient (Wildman–Crippen LogP) is 3.23. The first-order valence-electron chi connectivity index (χ1n) is 5.50. The molecule has 0 saturated heterocycles. The molecule has 1 amide bonds. The van der Waals surface area contributed by atoms with Crippen molar-refractivity contribution in [2.24, 2.45) is 0 Å². The van der Waals surface area contributed by atoms with E-state index in [1.165, 1.54) is 49.6 Å². The SMILES string of the molecule is COc1cc(NC(=O)c2ccc(F)cc2)ccc1F. The minimum Gasteiger partial charge on any atom is -0.494 e. The van der Waals surface area contributed by atoms with Gasteiger partial charge >= 0.3 is 0 Å². The Hall–Kier alpha value is -2.43. The molecule has 0 saturated carbocycles. The van der Waals surface area contributed by atoms with Gasteiger partial charge in [0.25, 0.3) is 5.91 Å². The number of halogens is 2. The molecule has 19 heavy (non-hydrogen) atoms. The summed E-state index contributed by atoms with van der Waals surface area (Å²) >= 11 is 0. The maximum atomic E-state index is 13.2. The van der Waals surface area contributed by atoms with Gasteiger partial charge in [0, 0.05) is 17.3 Å². The van der Waals surface area contributed by atoms with Crippen LogP contribution in [0.25, 0.3) is 0 Å². The standard InChI is InChI=1S/C14H11F2NO2/c1-19-13-8-11(6-7-12(13)16)17-14(18)9-2-4-10(15)5-3-9/h2-8H,1H3,(H,17,18). The maximum Gasteiger partial charge on any atom is 0.255 e. The lowest BCUT2D eigenvalue weighted by Crippen LogP contribution is -2.12. The van der Waals surface area contributed by atoms with Crippen LogP contribution in [0.1, 0.15) is 10.4 Å². The molecule has 0 radical (unpaired) electrons. The van der Waals surface area contributed by atoms with Crippen molar-refractivity contribution in [1.29, 1.82) is 0 Å². The van der Waals surface area contributed by atoms with Gasteiger partial charge in [-0.2, -0.15) is 0 Å². The van der Waals surface area contributed by atoms with E-state index in [0.29, 0.717) is 11.3 Å². The average Bonchev–Trinajstić information content (AvgIpc) is 2.41. The summed E-state index contributed by atoms with van der Waals surface area (Å²) in [6, 6.07) is 9.10. The topological polar surface area (TPSA) is 38.3 Å². The molecule has 0 unspecified atom stereocenters. The summed E-state index contributed by atoms with van der Waals surface area (Å²) in [5.41, 5.74) is 0.706. The summed E-state index contributed by atoms with van der Waals surface area (Å²) in [5, 5.41) is 2.57. The molecule has 98 valence electrons. The van der Waals surface area contributed by atoms with Gasteiger partial charge in [0.2, 0.25) is 0 Å². The van der Waals surface area contributed by atoms with Gasteiger partial charge in [-0.25, -0.2) is 8.78 Å². The third-order valence-electron chi connectivity index (χ3n) is 2.52. The number of hydrogen-bond donors (Lipinski definition) is 1. The number of hydrogen-bond acceptors (Lipinski definition) is 2. The van der Waals surface area contributed by atoms with Crippen LogP contribution in [0.3, 0.4) is 0 Å². The van der Waals surface area contributed by atoms with E-state index in [0.717, 1.165) is 0 Å². The van der Waals surface area contributed by atoms with Crippen molar-refractivity contribution in [3.8, 4) is 5.75 Å². The summed E-state index contributed by atoms with van der Waals surface area (Å²) in [5.74, 6) is -1.30. The fourth-order valence-electron chi connectivity index (χ4n) is 1.54. The molecule has 0 heterocycles. The van der Waals surface area contributed by atoms with Crippen molar-refractivity contribution in [3.05, 3.63) is 59.7 Å². The Morgan fingerprint density at radius 3 is 2.42 bits per heavy atom. The van der Waals surface area contributed by atoms with E-state index in [1.54, 1.807) is 0 Å². The molecule has 5 heteroatoms. The molecule has 0 bridgehead atoms. The number of rotatable bonds is 3. The van der Waals surface area contributed by atoms with Crippen LogP contribution in [0.2, 0.25) is 0 Å². The second kappa shape index (κ2) is 5.48. The molecule has 3 nitrogen and oxygen atoms in total. The largest absolute Gasteiger partial charge is 0.494 e. The maximum absolute atomic E-state index is 13.2. The first-order valence-corrected chi connectivity index (χ1v) is 5.50. The van der Waals surface area contributed by atoms with E-state index in [2.05, 4.69) is 5.32 Å². The number of methoxy groups -OCH3 is 1. The molecule has 0 aromatic heterocycles. The quantitative estimate of drug-likeness (QED) is 0.923. The molecular weight excluding hydrogens is 252 g/mol. The molecule has 0 fully saturated rings. The van der Waals surface area contributed by atoms with E-state index >= 15 is 0 Å². The Kier molecular flexibility index (Phi) is 3.75. The minimum absolute atomic E-state index is 0.0388. The van der Waals surface area contributed by atoms with Gasteiger partial charge in [-0.15, -0.1) is 0 Å². The molecule has 0 aliphatic rings. The van der Waals surface area contributed by atoms with Crippen molar-refractivity contribution in [3.63, 3.8) is 0 Å². The Labute approximate surface area is 108 Å². The monoisotopic (exact) mass is 263 g/mol. The van der Waals surface area contributed by atoms with Gasteiger partial charge < -0.3 is 10.1 Å². The molecule has 0 aliphatic heterocycles. The zero-order valence-corrected chi connectivity index (χ0v) is 10.1. The van der Waals surface area contributed by atoms with E-state index in [4.69, 9.17) is 4.74 Å². The first-order chi connectivity index (χ1) is 9.10. The van der Waals surface area contributed by atoms with Crippen molar-refractivity contribution in [2.75, 3.05) is 12.4 Å². The van der Waals surface area contributed by atoms with Crippen LogP contribution in [-0.2, 0) is 0 Å². The zero-order valence-electron chi connectivity index (χ0n) is 10.1. The van der Waals surface area contributed by atoms with E-state index in [1.807, 2.05) is 0 Å². The van der Waals surface area contributed by atoms with E-state index < -0.39 is 17.5 Å². The van der Waals surface area contributed by atoms with Crippen LogP contribution in [0.15, 0.2) is 42.5 Å². The lowest BCUT2D eigenvalue weighted by atomic mass is 10.2. The Morgan fingerprint density at radius 2 is 1.79 bits per heavy atom. The molecule has 2 aromatic rings. The lowest BCUT2D eigenvalue weighted by Gasteiger charge is -2.07. The second-order valence-corrected chi connectivity index (χ2v) is 3.81. The van der Waals surface area contributed by atoms with Crippen LogP contribution in [0.4, 0.5) is 14.5 Å². The molecule has 0 atom stereocenters. The second-order valence-electron chi connectivity index (χ2n) is 3.81. The van der Waals surface area contributed by atoms with E-state index in [-0.39, 0.29) is 5.75 Å². The van der Waals surface area contributed by atoms with Crippen LogP contribution in [0, 0.1) is 11.6 Å². The van der Waals surface area contributed by atoms with E-state index in [9.17, 15) is 13.6 Å². The number of benzene rings is 2. The van der Waals surface area contributed by atoms with Gasteiger partial charge in [0.05, 0.1) is 7.11 Å². The summed E-state index contributed by atoms with van der Waals surface area (Å²) in [6.45, 7) is 0. The Morgan fingerprint density at radius 1 is 1.11 bits per heavy atom. The van der Waals surface area contributed by atoms with Gasteiger partial charge in [-0.05, 0) is 36.4 Å². The summed E-state index contributed by atoms with van der Waals surface area (Å²) in [6.07, 6.45) is 0. The van der Waals surface area contributed by atoms with Crippen LogP contribution < -0.4 is 10.1 Å². The van der Waals surface area contributed by atoms with Crippen LogP contribution in [0.5, 0.6) is 5.75 Å². The normalized spacial score (nSPS) is 10.1. The fraction of sp³-hybridized carbons (Fsp3) is 0.0714. The zero-order chi connectivity index (χ0) is 13.8. The highest BCUT2D eigenvalue weighted by atomic mass is 19.1. The van der Waals surface area contributed by atoms with Crippen molar-refractivity contribution in [1.82, 2.24) is 0 Å². The number of nitrogens with one attached hydrogen (secondary N) is 1. The minimum atomic E-state index is -0.512. The molecule has 1 N–H and O–H groups in total. The number of anilines is 1. The summed E-state index contributed by atoms with van der Waals surface area (Å²) < 4.78 is 30.7. The molecule has 0 aliphatic carbocycles. The third-order valence-corrected chi connectivity index (χ3v) is 2.52. The Bertz CT molecular complexity index is 597. The van der Waals surface area contributed by atoms with Gasteiger partial charge in [0.15, 0.2) is 11.6 Å². The lowest BCUT2D eigenvalue weighted by molar-refractivity contribution is 0.102. The first kappa shape index (κ1) is 13.0. The number of carbonyl (C=O) groups excluding carboxylic acids is 1. The molecular formula is C14H11F2NO2.